The molecule has 2 nitrogen and oxygen atoms in total. The fourth-order valence-corrected chi connectivity index (χ4v) is 2.07. The Kier molecular flexibility index (Phi) is 2.66. The number of anilines is 1. The highest BCUT2D eigenvalue weighted by Gasteiger charge is 2.26. The molecule has 1 aliphatic rings. The minimum Gasteiger partial charge on any atom is -0.381 e. The first-order valence-corrected chi connectivity index (χ1v) is 5.32. The van der Waals surface area contributed by atoms with Gasteiger partial charge in [0.15, 0.2) is 0 Å². The van der Waals surface area contributed by atoms with E-state index in [1.54, 1.807) is 0 Å². The van der Waals surface area contributed by atoms with Crippen molar-refractivity contribution in [3.63, 3.8) is 0 Å². The molecule has 3 N–H and O–H groups in total. The molecule has 2 rings (SSSR count). The maximum atomic E-state index is 6.10. The Morgan fingerprint density at radius 3 is 2.71 bits per heavy atom. The Labute approximate surface area is 89.4 Å². The highest BCUT2D eigenvalue weighted by Crippen LogP contribution is 2.30. The molecule has 76 valence electrons. The van der Waals surface area contributed by atoms with Gasteiger partial charge < -0.3 is 11.1 Å². The van der Waals surface area contributed by atoms with Gasteiger partial charge in [-0.2, -0.15) is 0 Å². The van der Waals surface area contributed by atoms with Crippen molar-refractivity contribution in [2.75, 3.05) is 5.32 Å². The van der Waals surface area contributed by atoms with Crippen molar-refractivity contribution in [1.82, 2.24) is 0 Å². The number of aryl methyl sites for hydroxylation is 1. The van der Waals surface area contributed by atoms with Gasteiger partial charge in [0.25, 0.3) is 0 Å². The van der Waals surface area contributed by atoms with Crippen molar-refractivity contribution < 1.29 is 0 Å². The number of nitrogens with one attached hydrogen (secondary N) is 1. The fraction of sp³-hybridized carbons (Fsp3) is 0.455. The Morgan fingerprint density at radius 1 is 1.43 bits per heavy atom. The molecule has 0 aromatic heterocycles. The quantitative estimate of drug-likeness (QED) is 0.788. The third-order valence-corrected chi connectivity index (χ3v) is 3.06. The van der Waals surface area contributed by atoms with Gasteiger partial charge >= 0.3 is 0 Å². The molecular weight excluding hydrogens is 196 g/mol. The minimum absolute atomic E-state index is 0.371. The molecule has 1 fully saturated rings. The number of benzene rings is 1. The van der Waals surface area contributed by atoms with Crippen LogP contribution in [0.4, 0.5) is 5.69 Å². The van der Waals surface area contributed by atoms with Crippen LogP contribution in [0.5, 0.6) is 0 Å². The van der Waals surface area contributed by atoms with Crippen molar-refractivity contribution in [3.8, 4) is 0 Å². The highest BCUT2D eigenvalue weighted by atomic mass is 35.5. The first-order valence-electron chi connectivity index (χ1n) is 4.94. The monoisotopic (exact) mass is 210 g/mol. The summed E-state index contributed by atoms with van der Waals surface area (Å²) in [6.07, 6.45) is 2.09. The van der Waals surface area contributed by atoms with Gasteiger partial charge in [0.1, 0.15) is 0 Å². The predicted molar refractivity (Wildman–Crippen MR) is 60.8 cm³/mol. The molecule has 0 heterocycles. The lowest BCUT2D eigenvalue weighted by molar-refractivity contribution is 0.373. The molecule has 0 amide bonds. The maximum Gasteiger partial charge on any atom is 0.0640 e. The molecule has 1 aromatic rings. The molecule has 3 heteroatoms. The van der Waals surface area contributed by atoms with E-state index >= 15 is 0 Å². The van der Waals surface area contributed by atoms with Gasteiger partial charge in [-0.05, 0) is 31.4 Å². The fourth-order valence-electron chi connectivity index (χ4n) is 1.80. The third-order valence-electron chi connectivity index (χ3n) is 2.74. The summed E-state index contributed by atoms with van der Waals surface area (Å²) >= 11 is 6.10. The van der Waals surface area contributed by atoms with Crippen molar-refractivity contribution in [2.24, 2.45) is 5.73 Å². The molecule has 14 heavy (non-hydrogen) atoms. The zero-order chi connectivity index (χ0) is 10.1. The molecule has 1 aromatic carbocycles. The Hall–Kier alpha value is -0.730. The van der Waals surface area contributed by atoms with Gasteiger partial charge in [-0.3, -0.25) is 0 Å². The standard InChI is InChI=1S/C11H15ClN2/c1-7-3-2-4-10(12)11(7)14-9-5-8(13)6-9/h2-4,8-9,14H,5-6,13H2,1H3. The van der Waals surface area contributed by atoms with Gasteiger partial charge in [-0.25, -0.2) is 0 Å². The average Bonchev–Trinajstić information content (AvgIpc) is 2.08. The van der Waals surface area contributed by atoms with Crippen molar-refractivity contribution in [3.05, 3.63) is 28.8 Å². The number of halogens is 1. The Morgan fingerprint density at radius 2 is 2.14 bits per heavy atom. The van der Waals surface area contributed by atoms with E-state index < -0.39 is 0 Å². The molecule has 0 atom stereocenters. The number of hydrogen-bond acceptors (Lipinski definition) is 2. The van der Waals surface area contributed by atoms with Crippen molar-refractivity contribution in [2.45, 2.75) is 31.8 Å². The Bertz CT molecular complexity index is 312. The van der Waals surface area contributed by atoms with Crippen LogP contribution < -0.4 is 11.1 Å². The van der Waals surface area contributed by atoms with Gasteiger partial charge in [0.2, 0.25) is 0 Å². The summed E-state index contributed by atoms with van der Waals surface area (Å²) in [6, 6.07) is 6.82. The van der Waals surface area contributed by atoms with Crippen LogP contribution in [0.2, 0.25) is 5.02 Å². The zero-order valence-corrected chi connectivity index (χ0v) is 9.01. The van der Waals surface area contributed by atoms with E-state index in [1.165, 1.54) is 5.56 Å². The molecule has 0 saturated heterocycles. The van der Waals surface area contributed by atoms with Crippen molar-refractivity contribution >= 4 is 17.3 Å². The number of nitrogens with two attached hydrogens (primary N) is 1. The molecule has 0 aliphatic heterocycles. The van der Waals surface area contributed by atoms with E-state index in [4.69, 9.17) is 17.3 Å². The summed E-state index contributed by atoms with van der Waals surface area (Å²) < 4.78 is 0. The lowest BCUT2D eigenvalue weighted by atomic mass is 9.87. The Balaban J connectivity index is 2.09. The molecule has 0 spiro atoms. The maximum absolute atomic E-state index is 6.10. The van der Waals surface area contributed by atoms with Crippen LogP contribution in [0.1, 0.15) is 18.4 Å². The van der Waals surface area contributed by atoms with E-state index in [-0.39, 0.29) is 0 Å². The summed E-state index contributed by atoms with van der Waals surface area (Å²) in [5, 5.41) is 4.23. The third kappa shape index (κ3) is 1.86. The highest BCUT2D eigenvalue weighted by molar-refractivity contribution is 6.33. The smallest absolute Gasteiger partial charge is 0.0640 e. The molecule has 0 bridgehead atoms. The van der Waals surface area contributed by atoms with Crippen LogP contribution in [-0.2, 0) is 0 Å². The number of rotatable bonds is 2. The van der Waals surface area contributed by atoms with E-state index in [2.05, 4.69) is 18.3 Å². The van der Waals surface area contributed by atoms with Gasteiger partial charge in [-0.15, -0.1) is 0 Å². The summed E-state index contributed by atoms with van der Waals surface area (Å²) in [6.45, 7) is 2.06. The first-order chi connectivity index (χ1) is 6.66. The van der Waals surface area contributed by atoms with Crippen molar-refractivity contribution in [1.29, 1.82) is 0 Å². The minimum atomic E-state index is 0.371. The van der Waals surface area contributed by atoms with Gasteiger partial charge in [-0.1, -0.05) is 23.7 Å². The molecular formula is C11H15ClN2. The first kappa shape index (κ1) is 9.81. The molecule has 1 aliphatic carbocycles. The summed E-state index contributed by atoms with van der Waals surface area (Å²) in [5.74, 6) is 0. The number of para-hydroxylation sites is 1. The summed E-state index contributed by atoms with van der Waals surface area (Å²) in [4.78, 5) is 0. The predicted octanol–water partition coefficient (Wildman–Crippen LogP) is 2.55. The van der Waals surface area contributed by atoms with Gasteiger partial charge in [0, 0.05) is 12.1 Å². The van der Waals surface area contributed by atoms with Crippen LogP contribution in [0.3, 0.4) is 0 Å². The average molecular weight is 211 g/mol. The van der Waals surface area contributed by atoms with Crippen LogP contribution in [0.15, 0.2) is 18.2 Å². The number of hydrogen-bond donors (Lipinski definition) is 2. The SMILES string of the molecule is Cc1cccc(Cl)c1NC1CC(N)C1. The molecule has 0 unspecified atom stereocenters. The van der Waals surface area contributed by atoms with E-state index in [1.807, 2.05) is 12.1 Å². The second-order valence-corrected chi connectivity index (χ2v) is 4.41. The second-order valence-electron chi connectivity index (χ2n) is 4.00. The lowest BCUT2D eigenvalue weighted by Gasteiger charge is -2.34. The largest absolute Gasteiger partial charge is 0.381 e. The molecule has 0 radical (unpaired) electrons. The van der Waals surface area contributed by atoms with Crippen LogP contribution in [0.25, 0.3) is 0 Å². The topological polar surface area (TPSA) is 38.0 Å². The van der Waals surface area contributed by atoms with Crippen LogP contribution in [-0.4, -0.2) is 12.1 Å². The van der Waals surface area contributed by atoms with Crippen LogP contribution in [0, 0.1) is 6.92 Å². The summed E-state index contributed by atoms with van der Waals surface area (Å²) in [7, 11) is 0. The zero-order valence-electron chi connectivity index (χ0n) is 8.26. The van der Waals surface area contributed by atoms with E-state index in [0.29, 0.717) is 12.1 Å². The van der Waals surface area contributed by atoms with E-state index in [9.17, 15) is 0 Å². The molecule has 1 saturated carbocycles. The normalized spacial score (nSPS) is 25.6. The summed E-state index contributed by atoms with van der Waals surface area (Å²) in [5.41, 5.74) is 7.98. The lowest BCUT2D eigenvalue weighted by Crippen LogP contribution is -2.44. The second kappa shape index (κ2) is 3.79. The van der Waals surface area contributed by atoms with Crippen LogP contribution >= 0.6 is 11.6 Å². The van der Waals surface area contributed by atoms with Gasteiger partial charge in [0.05, 0.1) is 10.7 Å². The van der Waals surface area contributed by atoms with E-state index in [0.717, 1.165) is 23.6 Å².